The van der Waals surface area contributed by atoms with E-state index >= 15 is 0 Å². The maximum absolute atomic E-state index is 13.5. The quantitative estimate of drug-likeness (QED) is 0.0479. The number of nitrogens with one attached hydrogen (secondary N) is 2. The monoisotopic (exact) mass is 782 g/mol. The first-order valence-electron chi connectivity index (χ1n) is 15.7. The first kappa shape index (κ1) is 38.0. The van der Waals surface area contributed by atoms with Gasteiger partial charge in [-0.3, -0.25) is 19.3 Å². The molecule has 3 amide bonds. The summed E-state index contributed by atoms with van der Waals surface area (Å²) in [6.45, 7) is 2.27. The summed E-state index contributed by atoms with van der Waals surface area (Å²) in [6, 6.07) is 1.30. The topological polar surface area (TPSA) is 254 Å². The summed E-state index contributed by atoms with van der Waals surface area (Å²) < 4.78 is 0. The number of fused-ring (bicyclic) bond motifs is 1. The van der Waals surface area contributed by atoms with E-state index in [9.17, 15) is 44.4 Å². The van der Waals surface area contributed by atoms with Crippen LogP contribution in [0, 0.1) is 11.8 Å². The van der Waals surface area contributed by atoms with Crippen LogP contribution < -0.4 is 16.4 Å². The number of thiazole rings is 1. The second-order valence-corrected chi connectivity index (χ2v) is 15.6. The smallest absolute Gasteiger partial charge is 0.352 e. The summed E-state index contributed by atoms with van der Waals surface area (Å²) in [4.78, 5) is 74.4. The van der Waals surface area contributed by atoms with E-state index in [0.717, 1.165) is 35.1 Å². The second-order valence-electron chi connectivity index (χ2n) is 12.1. The highest BCUT2D eigenvalue weighted by atomic mass is 35.5. The molecule has 1 saturated carbocycles. The zero-order valence-corrected chi connectivity index (χ0v) is 30.2. The van der Waals surface area contributed by atoms with E-state index in [4.69, 9.17) is 22.2 Å². The molecule has 1 saturated heterocycles. The Morgan fingerprint density at radius 1 is 1.20 bits per heavy atom. The zero-order chi connectivity index (χ0) is 37.0. The van der Waals surface area contributed by atoms with Crippen molar-refractivity contribution >= 4 is 87.0 Å². The molecular weight excluding hydrogens is 748 g/mol. The summed E-state index contributed by atoms with van der Waals surface area (Å²) in [5.41, 5.74) is 5.71. The van der Waals surface area contributed by atoms with Crippen LogP contribution in [0.4, 0.5) is 5.13 Å². The van der Waals surface area contributed by atoms with E-state index < -0.39 is 58.7 Å². The third kappa shape index (κ3) is 8.48. The Kier molecular flexibility index (Phi) is 12.3. The zero-order valence-electron chi connectivity index (χ0n) is 27.0. The third-order valence-electron chi connectivity index (χ3n) is 8.65. The summed E-state index contributed by atoms with van der Waals surface area (Å²) in [6.07, 6.45) is 1.64. The Labute approximate surface area is 308 Å². The number of nitrogens with two attached hydrogens (primary N) is 1. The molecule has 3 atom stereocenters. The Hall–Kier alpha value is -4.20. The molecule has 16 nitrogen and oxygen atoms in total. The molecule has 0 bridgehead atoms. The number of β-lactam (4-membered cyclic amide) rings is 1. The van der Waals surface area contributed by atoms with E-state index in [1.807, 2.05) is 0 Å². The second kappa shape index (κ2) is 16.4. The standard InChI is InChI=1S/C31H35ClN6O10S3/c1-13-2-4-14(5-3-13)24(30(46)47)48-37-20(17-12-51-31(33)35-17)26(42)36-21-27(43)38-22(29(44)45)15(11-50-28(21)38)10-49-9-8-34-25(41)16-6-7-18(39)23(40)19(16)32/h6-7,12-14,21,24,28,39-40H,2-5,8-11H2,1H3,(H2,33,35)(H,34,41)(H,36,42)(H,44,45)(H,46,47)/b37-20-/t13?,14?,21-,24?,28-/m1/s1. The van der Waals surface area contributed by atoms with Gasteiger partial charge in [0.25, 0.3) is 17.7 Å². The molecule has 5 rings (SSSR count). The lowest BCUT2D eigenvalue weighted by molar-refractivity contribution is -0.155. The summed E-state index contributed by atoms with van der Waals surface area (Å²) in [7, 11) is 0. The van der Waals surface area contributed by atoms with Crippen LogP contribution in [0.3, 0.4) is 0 Å². The minimum atomic E-state index is -1.31. The van der Waals surface area contributed by atoms with Crippen molar-refractivity contribution in [3.63, 3.8) is 0 Å². The number of carbonyl (C=O) groups excluding carboxylic acids is 3. The van der Waals surface area contributed by atoms with Crippen molar-refractivity contribution in [2.24, 2.45) is 17.0 Å². The maximum Gasteiger partial charge on any atom is 0.352 e. The SMILES string of the molecule is CC1CCC(C(O/N=C(\C(=O)N[C@@H]2C(=O)N3C(C(=O)O)=C(CSCCNC(=O)c4ccc(O)c(O)c4Cl)CS[C@H]23)c2csc(N)n2)C(=O)O)CC1. The fraction of sp³-hybridized carbons (Fsp3) is 0.452. The van der Waals surface area contributed by atoms with Gasteiger partial charge in [-0.2, -0.15) is 11.8 Å². The number of carbonyl (C=O) groups is 5. The van der Waals surface area contributed by atoms with Crippen LogP contribution in [-0.4, -0.2) is 107 Å². The van der Waals surface area contributed by atoms with Crippen molar-refractivity contribution in [3.8, 4) is 11.5 Å². The van der Waals surface area contributed by atoms with E-state index in [1.165, 1.54) is 35.0 Å². The largest absolute Gasteiger partial charge is 0.504 e. The molecule has 0 spiro atoms. The van der Waals surface area contributed by atoms with Gasteiger partial charge in [0.2, 0.25) is 6.10 Å². The summed E-state index contributed by atoms with van der Waals surface area (Å²) in [5, 5.41) is 48.9. The van der Waals surface area contributed by atoms with Crippen LogP contribution in [-0.2, 0) is 24.0 Å². The van der Waals surface area contributed by atoms with E-state index in [0.29, 0.717) is 30.1 Å². The average Bonchev–Trinajstić information content (AvgIpc) is 3.53. The number of nitrogen functional groups attached to an aromatic ring is 1. The van der Waals surface area contributed by atoms with E-state index in [1.54, 1.807) is 0 Å². The molecule has 1 aromatic heterocycles. The predicted octanol–water partition coefficient (Wildman–Crippen LogP) is 2.69. The molecule has 1 aliphatic carbocycles. The Morgan fingerprint density at radius 2 is 1.92 bits per heavy atom. The number of carboxylic acids is 2. The number of hydrogen-bond donors (Lipinski definition) is 7. The molecule has 8 N–H and O–H groups in total. The van der Waals surface area contributed by atoms with Crippen molar-refractivity contribution in [2.75, 3.05) is 29.5 Å². The number of benzene rings is 1. The van der Waals surface area contributed by atoms with Gasteiger partial charge in [-0.15, -0.1) is 23.1 Å². The number of phenolic OH excluding ortho intramolecular Hbond substituents is 2. The van der Waals surface area contributed by atoms with Crippen molar-refractivity contribution in [1.29, 1.82) is 0 Å². The number of amides is 3. The van der Waals surface area contributed by atoms with Crippen molar-refractivity contribution in [1.82, 2.24) is 20.5 Å². The highest BCUT2D eigenvalue weighted by Gasteiger charge is 2.54. The van der Waals surface area contributed by atoms with Crippen LogP contribution in [0.1, 0.15) is 48.7 Å². The number of carboxylic acid groups (broad SMARTS) is 2. The van der Waals surface area contributed by atoms with Gasteiger partial charge in [-0.1, -0.05) is 36.5 Å². The highest BCUT2D eigenvalue weighted by Crippen LogP contribution is 2.41. The number of oxime groups is 1. The third-order valence-corrected chi connectivity index (χ3v) is 12.1. The number of aromatic nitrogens is 1. The van der Waals surface area contributed by atoms with Gasteiger partial charge < -0.3 is 41.6 Å². The number of hydrogen-bond acceptors (Lipinski definition) is 14. The lowest BCUT2D eigenvalue weighted by atomic mass is 9.80. The number of anilines is 1. The van der Waals surface area contributed by atoms with Crippen molar-refractivity contribution in [3.05, 3.63) is 45.1 Å². The normalized spacial score (nSPS) is 22.4. The number of nitrogens with zero attached hydrogens (tertiary/aromatic N) is 3. The number of halogens is 1. The molecule has 274 valence electrons. The van der Waals surface area contributed by atoms with Gasteiger partial charge in [-0.05, 0) is 36.5 Å². The lowest BCUT2D eigenvalue weighted by Crippen LogP contribution is -2.71. The molecule has 0 radical (unpaired) electrons. The van der Waals surface area contributed by atoms with Gasteiger partial charge >= 0.3 is 11.9 Å². The highest BCUT2D eigenvalue weighted by molar-refractivity contribution is 8.01. The van der Waals surface area contributed by atoms with Crippen LogP contribution in [0.25, 0.3) is 0 Å². The van der Waals surface area contributed by atoms with Gasteiger partial charge in [0.15, 0.2) is 22.3 Å². The molecular formula is C31H35ClN6O10S3. The summed E-state index contributed by atoms with van der Waals surface area (Å²) >= 11 is 9.56. The van der Waals surface area contributed by atoms with Crippen LogP contribution >= 0.6 is 46.5 Å². The molecule has 2 aromatic rings. The van der Waals surface area contributed by atoms with E-state index in [2.05, 4.69) is 27.7 Å². The molecule has 2 aliphatic heterocycles. The molecule has 1 unspecified atom stereocenters. The number of phenols is 2. The average molecular weight is 783 g/mol. The van der Waals surface area contributed by atoms with Gasteiger partial charge in [0.05, 0.1) is 10.6 Å². The number of thioether (sulfide) groups is 2. The van der Waals surface area contributed by atoms with Crippen molar-refractivity contribution in [2.45, 2.75) is 50.1 Å². The van der Waals surface area contributed by atoms with Crippen LogP contribution in [0.15, 0.2) is 33.9 Å². The Bertz CT molecular complexity index is 1780. The Balaban J connectivity index is 1.21. The molecule has 20 heteroatoms. The maximum atomic E-state index is 13.5. The first-order valence-corrected chi connectivity index (χ1v) is 19.2. The van der Waals surface area contributed by atoms with Gasteiger partial charge in [0.1, 0.15) is 22.8 Å². The number of aromatic hydroxyl groups is 2. The van der Waals surface area contributed by atoms with Crippen molar-refractivity contribution < 1.29 is 49.2 Å². The fourth-order valence-corrected chi connectivity index (χ4v) is 9.04. The minimum absolute atomic E-state index is 0.0271. The molecule has 2 fully saturated rings. The first-order chi connectivity index (χ1) is 24.3. The fourth-order valence-electron chi connectivity index (χ4n) is 5.89. The van der Waals surface area contributed by atoms with Gasteiger partial charge in [0, 0.05) is 35.1 Å². The summed E-state index contributed by atoms with van der Waals surface area (Å²) in [5.74, 6) is -4.67. The molecule has 3 heterocycles. The minimum Gasteiger partial charge on any atom is -0.504 e. The predicted molar refractivity (Wildman–Crippen MR) is 191 cm³/mol. The molecule has 1 aromatic carbocycles. The number of aliphatic carboxylic acids is 2. The Morgan fingerprint density at radius 3 is 2.57 bits per heavy atom. The van der Waals surface area contributed by atoms with Gasteiger partial charge in [-0.25, -0.2) is 14.6 Å². The number of rotatable bonds is 14. The molecule has 51 heavy (non-hydrogen) atoms. The molecule has 3 aliphatic rings. The van der Waals surface area contributed by atoms with E-state index in [-0.39, 0.29) is 56.8 Å². The lowest BCUT2D eigenvalue weighted by Gasteiger charge is -2.49. The van der Waals surface area contributed by atoms with Crippen LogP contribution in [0.5, 0.6) is 11.5 Å². The van der Waals surface area contributed by atoms with Crippen LogP contribution in [0.2, 0.25) is 5.02 Å².